The van der Waals surface area contributed by atoms with Crippen LogP contribution in [0.15, 0.2) is 78.1 Å². The van der Waals surface area contributed by atoms with E-state index in [9.17, 15) is 8.42 Å². The molecule has 0 saturated carbocycles. The highest BCUT2D eigenvalue weighted by molar-refractivity contribution is 7.93. The normalized spacial score (nSPS) is 20.8. The van der Waals surface area contributed by atoms with Crippen LogP contribution < -0.4 is 15.0 Å². The molecule has 0 amide bonds. The number of fused-ring (bicyclic) bond motifs is 1. The van der Waals surface area contributed by atoms with E-state index in [0.717, 1.165) is 29.7 Å². The van der Waals surface area contributed by atoms with Gasteiger partial charge in [-0.25, -0.2) is 18.4 Å². The highest BCUT2D eigenvalue weighted by atomic mass is 32.2. The molecule has 2 atom stereocenters. The minimum absolute atomic E-state index is 0.115. The Morgan fingerprint density at radius 3 is 2.62 bits per heavy atom. The van der Waals surface area contributed by atoms with Crippen molar-refractivity contribution >= 4 is 26.6 Å². The Morgan fingerprint density at radius 1 is 1.06 bits per heavy atom. The Morgan fingerprint density at radius 2 is 1.88 bits per heavy atom. The Balaban J connectivity index is 1.56. The van der Waals surface area contributed by atoms with Crippen molar-refractivity contribution in [1.29, 1.82) is 0 Å². The molecule has 0 aliphatic carbocycles. The second kappa shape index (κ2) is 8.73. The summed E-state index contributed by atoms with van der Waals surface area (Å²) in [4.78, 5) is 12.6. The molecule has 3 aromatic heterocycles. The van der Waals surface area contributed by atoms with Gasteiger partial charge in [-0.1, -0.05) is 13.0 Å². The summed E-state index contributed by atoms with van der Waals surface area (Å²) in [7, 11) is -1.94. The minimum atomic E-state index is -3.80. The number of rotatable bonds is 6. The Bertz CT molecular complexity index is 1390. The fourth-order valence-electron chi connectivity index (χ4n) is 4.84. The summed E-state index contributed by atoms with van der Waals surface area (Å²) in [6.07, 6.45) is 5.91. The molecule has 1 fully saturated rings. The monoisotopic (exact) mass is 477 g/mol. The van der Waals surface area contributed by atoms with E-state index in [0.29, 0.717) is 18.2 Å². The number of ether oxygens (including phenoxy) is 1. The summed E-state index contributed by atoms with van der Waals surface area (Å²) >= 11 is 0. The predicted molar refractivity (Wildman–Crippen MR) is 132 cm³/mol. The molecule has 2 N–H and O–H groups in total. The van der Waals surface area contributed by atoms with Crippen LogP contribution in [0.5, 0.6) is 11.6 Å². The molecule has 0 bridgehead atoms. The molecule has 8 nitrogen and oxygen atoms in total. The molecule has 34 heavy (non-hydrogen) atoms. The number of hydrogen-bond acceptors (Lipinski definition) is 7. The molecule has 0 unspecified atom stereocenters. The van der Waals surface area contributed by atoms with Crippen LogP contribution in [-0.4, -0.2) is 48.4 Å². The van der Waals surface area contributed by atoms with Gasteiger partial charge in [0, 0.05) is 43.6 Å². The third-order valence-corrected chi connectivity index (χ3v) is 9.37. The Labute approximate surface area is 198 Å². The van der Waals surface area contributed by atoms with E-state index in [-0.39, 0.29) is 10.8 Å². The van der Waals surface area contributed by atoms with Gasteiger partial charge in [0.05, 0.1) is 10.6 Å². The van der Waals surface area contributed by atoms with E-state index in [4.69, 9.17) is 4.74 Å². The summed E-state index contributed by atoms with van der Waals surface area (Å²) in [5.74, 6) is 0.862. The highest BCUT2D eigenvalue weighted by Crippen LogP contribution is 2.42. The smallest absolute Gasteiger partial charge is 0.219 e. The average molecular weight is 478 g/mol. The molecule has 1 aliphatic rings. The van der Waals surface area contributed by atoms with Crippen molar-refractivity contribution in [2.75, 3.05) is 25.0 Å². The summed E-state index contributed by atoms with van der Waals surface area (Å²) in [5, 5.41) is 4.23. The molecule has 1 saturated heterocycles. The lowest BCUT2D eigenvalue weighted by atomic mass is 9.92. The largest absolute Gasteiger partial charge is 0.439 e. The van der Waals surface area contributed by atoms with Crippen molar-refractivity contribution in [3.8, 4) is 11.6 Å². The first-order valence-electron chi connectivity index (χ1n) is 11.2. The van der Waals surface area contributed by atoms with Gasteiger partial charge in [0.25, 0.3) is 0 Å². The number of sulfone groups is 1. The van der Waals surface area contributed by atoms with Crippen LogP contribution in [0.2, 0.25) is 0 Å². The third kappa shape index (κ3) is 3.61. The first kappa shape index (κ1) is 22.4. The molecule has 4 heterocycles. The lowest BCUT2D eigenvalue weighted by Gasteiger charge is -2.49. The lowest BCUT2D eigenvalue weighted by Crippen LogP contribution is -2.65. The number of H-pyrrole nitrogens is 1. The van der Waals surface area contributed by atoms with Crippen molar-refractivity contribution in [2.45, 2.75) is 23.1 Å². The van der Waals surface area contributed by atoms with Crippen LogP contribution in [0, 0.1) is 5.92 Å². The van der Waals surface area contributed by atoms with Gasteiger partial charge in [0.2, 0.25) is 15.7 Å². The van der Waals surface area contributed by atoms with Crippen LogP contribution in [0.3, 0.4) is 0 Å². The van der Waals surface area contributed by atoms with Gasteiger partial charge in [0.1, 0.15) is 11.4 Å². The van der Waals surface area contributed by atoms with Gasteiger partial charge in [-0.15, -0.1) is 0 Å². The molecule has 1 aromatic carbocycles. The number of benzene rings is 1. The maximum atomic E-state index is 14.3. The fourth-order valence-corrected chi connectivity index (χ4v) is 7.14. The topological polar surface area (TPSA) is 100 Å². The summed E-state index contributed by atoms with van der Waals surface area (Å²) in [5.41, 5.74) is 1.55. The second-order valence-electron chi connectivity index (χ2n) is 8.59. The van der Waals surface area contributed by atoms with Crippen molar-refractivity contribution in [3.63, 3.8) is 0 Å². The number of hydrogen-bond donors (Lipinski definition) is 2. The average Bonchev–Trinajstić information content (AvgIpc) is 3.34. The first-order valence-corrected chi connectivity index (χ1v) is 12.7. The van der Waals surface area contributed by atoms with Crippen molar-refractivity contribution in [2.24, 2.45) is 5.92 Å². The maximum absolute atomic E-state index is 14.3. The quantitative estimate of drug-likeness (QED) is 0.433. The van der Waals surface area contributed by atoms with Gasteiger partial charge in [0.15, 0.2) is 4.87 Å². The van der Waals surface area contributed by atoms with Crippen LogP contribution in [0.4, 0.5) is 5.69 Å². The van der Waals surface area contributed by atoms with Gasteiger partial charge in [-0.05, 0) is 61.3 Å². The molecular weight excluding hydrogens is 450 g/mol. The molecule has 1 aliphatic heterocycles. The summed E-state index contributed by atoms with van der Waals surface area (Å²) in [6.45, 7) is 3.11. The number of aromatic amines is 1. The number of anilines is 1. The minimum Gasteiger partial charge on any atom is -0.439 e. The summed E-state index contributed by atoms with van der Waals surface area (Å²) in [6, 6.07) is 15.8. The van der Waals surface area contributed by atoms with Crippen LogP contribution in [-0.2, 0) is 9.84 Å². The molecule has 0 radical (unpaired) electrons. The highest BCUT2D eigenvalue weighted by Gasteiger charge is 2.53. The molecule has 176 valence electrons. The van der Waals surface area contributed by atoms with Crippen molar-refractivity contribution in [1.82, 2.24) is 20.3 Å². The Kier molecular flexibility index (Phi) is 5.75. The van der Waals surface area contributed by atoms with E-state index in [1.165, 1.54) is 0 Å². The fraction of sp³-hybridized carbons (Fsp3) is 0.280. The number of nitrogens with zero attached hydrogens (tertiary/aromatic N) is 3. The van der Waals surface area contributed by atoms with Crippen LogP contribution in [0.25, 0.3) is 11.0 Å². The first-order chi connectivity index (χ1) is 16.4. The molecule has 4 aromatic rings. The number of aromatic nitrogens is 3. The van der Waals surface area contributed by atoms with Crippen LogP contribution in [0.1, 0.15) is 13.3 Å². The van der Waals surface area contributed by atoms with E-state index in [1.54, 1.807) is 42.7 Å². The maximum Gasteiger partial charge on any atom is 0.219 e. The van der Waals surface area contributed by atoms with Gasteiger partial charge >= 0.3 is 0 Å². The van der Waals surface area contributed by atoms with E-state index >= 15 is 0 Å². The van der Waals surface area contributed by atoms with Crippen molar-refractivity contribution in [3.05, 3.63) is 73.2 Å². The molecule has 0 spiro atoms. The Hall–Kier alpha value is -3.43. The predicted octanol–water partition coefficient (Wildman–Crippen LogP) is 3.99. The molecular formula is C25H27N5O3S. The zero-order valence-electron chi connectivity index (χ0n) is 19.1. The third-order valence-electron chi connectivity index (χ3n) is 6.73. The van der Waals surface area contributed by atoms with Gasteiger partial charge < -0.3 is 19.9 Å². The van der Waals surface area contributed by atoms with Crippen LogP contribution >= 0.6 is 0 Å². The number of pyridine rings is 2. The molecule has 9 heteroatoms. The second-order valence-corrected chi connectivity index (χ2v) is 10.8. The van der Waals surface area contributed by atoms with Gasteiger partial charge in [-0.3, -0.25) is 0 Å². The number of piperidine rings is 1. The SMILES string of the molecule is C[C@@H]1CCNC[C@]1(N(C)c1ccnc2[nH]ccc12)S(=O)(=O)c1ccc(Oc2ccccn2)cc1. The van der Waals surface area contributed by atoms with Gasteiger partial charge in [-0.2, -0.15) is 0 Å². The summed E-state index contributed by atoms with van der Waals surface area (Å²) < 4.78 is 34.4. The van der Waals surface area contributed by atoms with Crippen molar-refractivity contribution < 1.29 is 13.2 Å². The van der Waals surface area contributed by atoms with E-state index in [2.05, 4.69) is 20.3 Å². The number of nitrogens with one attached hydrogen (secondary N) is 2. The van der Waals surface area contributed by atoms with E-state index in [1.807, 2.05) is 49.3 Å². The molecule has 5 rings (SSSR count). The standard InChI is InChI=1S/C25H27N5O3S/c1-18-10-14-26-17-25(18,30(2)22-12-16-29-24-21(22)11-15-28-24)34(31,32)20-8-6-19(7-9-20)33-23-5-3-4-13-27-23/h3-9,11-13,15-16,18,26H,10,14,17H2,1-2H3,(H,28,29)/t18-,25+/m1/s1. The van der Waals surface area contributed by atoms with E-state index < -0.39 is 14.7 Å². The number of likely N-dealkylation sites (N-methyl/N-ethyl adjacent to an activating group) is 1. The zero-order chi connectivity index (χ0) is 23.8. The zero-order valence-corrected chi connectivity index (χ0v) is 19.9. The lowest BCUT2D eigenvalue weighted by molar-refractivity contribution is 0.291.